The molecule has 1 atom stereocenters. The highest BCUT2D eigenvalue weighted by Gasteiger charge is 2.49. The van der Waals surface area contributed by atoms with Gasteiger partial charge in [0.05, 0.1) is 11.6 Å². The van der Waals surface area contributed by atoms with E-state index in [0.717, 1.165) is 16.0 Å². The largest absolute Gasteiger partial charge is 0.325 e. The monoisotopic (exact) mass is 438 g/mol. The fourth-order valence-electron chi connectivity index (χ4n) is 3.86. The quantitative estimate of drug-likeness (QED) is 0.575. The summed E-state index contributed by atoms with van der Waals surface area (Å²) in [7, 11) is 0. The van der Waals surface area contributed by atoms with Gasteiger partial charge in [0.15, 0.2) is 0 Å². The predicted octanol–water partition coefficient (Wildman–Crippen LogP) is 3.55. The molecule has 3 aromatic rings. The van der Waals surface area contributed by atoms with Crippen LogP contribution in [0.15, 0.2) is 78.9 Å². The summed E-state index contributed by atoms with van der Waals surface area (Å²) in [6, 6.07) is 25.1. The van der Waals surface area contributed by atoms with Gasteiger partial charge in [0.2, 0.25) is 5.91 Å². The molecule has 0 radical (unpaired) electrons. The molecule has 164 valence electrons. The Morgan fingerprint density at radius 2 is 1.67 bits per heavy atom. The normalized spacial score (nSPS) is 17.4. The van der Waals surface area contributed by atoms with Crippen molar-refractivity contribution in [2.24, 2.45) is 0 Å². The Hall–Kier alpha value is -4.44. The highest BCUT2D eigenvalue weighted by atomic mass is 16.2. The lowest BCUT2D eigenvalue weighted by molar-refractivity contribution is -0.133. The Morgan fingerprint density at radius 1 is 1.00 bits per heavy atom. The van der Waals surface area contributed by atoms with Gasteiger partial charge in [0, 0.05) is 5.69 Å². The molecule has 1 saturated heterocycles. The second-order valence-corrected chi connectivity index (χ2v) is 8.00. The average molecular weight is 438 g/mol. The van der Waals surface area contributed by atoms with Gasteiger partial charge in [-0.3, -0.25) is 14.5 Å². The van der Waals surface area contributed by atoms with Crippen molar-refractivity contribution in [1.82, 2.24) is 10.2 Å². The smallest absolute Gasteiger partial charge is 0.324 e. The lowest BCUT2D eigenvalue weighted by atomic mass is 9.91. The molecule has 0 aliphatic carbocycles. The number of benzene rings is 3. The van der Waals surface area contributed by atoms with Crippen molar-refractivity contribution in [3.05, 3.63) is 101 Å². The summed E-state index contributed by atoms with van der Waals surface area (Å²) in [5.41, 5.74) is 2.34. The number of para-hydroxylation sites is 1. The average Bonchev–Trinajstić information content (AvgIpc) is 3.05. The van der Waals surface area contributed by atoms with Crippen LogP contribution >= 0.6 is 0 Å². The van der Waals surface area contributed by atoms with Gasteiger partial charge < -0.3 is 10.6 Å². The summed E-state index contributed by atoms with van der Waals surface area (Å²) in [5, 5.41) is 14.5. The fraction of sp³-hybridized carbons (Fsp3) is 0.154. The molecule has 1 unspecified atom stereocenters. The number of rotatable bonds is 6. The molecule has 1 aliphatic rings. The molecule has 7 heteroatoms. The van der Waals surface area contributed by atoms with Crippen LogP contribution in [0.1, 0.15) is 29.2 Å². The zero-order valence-electron chi connectivity index (χ0n) is 18.0. The number of anilines is 1. The molecule has 33 heavy (non-hydrogen) atoms. The van der Waals surface area contributed by atoms with Crippen LogP contribution in [-0.2, 0) is 21.5 Å². The number of nitrogens with one attached hydrogen (secondary N) is 2. The number of hydrogen-bond acceptors (Lipinski definition) is 4. The molecule has 3 aromatic carbocycles. The van der Waals surface area contributed by atoms with Crippen molar-refractivity contribution in [3.63, 3.8) is 0 Å². The minimum absolute atomic E-state index is 0.407. The number of nitriles is 1. The minimum atomic E-state index is -1.31. The topological polar surface area (TPSA) is 102 Å². The number of nitrogens with zero attached hydrogens (tertiary/aromatic N) is 2. The molecule has 2 N–H and O–H groups in total. The maximum atomic E-state index is 13.1. The third kappa shape index (κ3) is 4.46. The summed E-state index contributed by atoms with van der Waals surface area (Å²) in [6.07, 6.45) is 0.636. The number of urea groups is 1. The van der Waals surface area contributed by atoms with Crippen molar-refractivity contribution in [3.8, 4) is 6.07 Å². The molecular formula is C26H22N4O3. The first kappa shape index (κ1) is 21.8. The van der Waals surface area contributed by atoms with E-state index in [1.807, 2.05) is 54.6 Å². The fourth-order valence-corrected chi connectivity index (χ4v) is 3.86. The Kier molecular flexibility index (Phi) is 5.92. The third-order valence-corrected chi connectivity index (χ3v) is 5.70. The maximum absolute atomic E-state index is 13.1. The Morgan fingerprint density at radius 3 is 2.36 bits per heavy atom. The van der Waals surface area contributed by atoms with Gasteiger partial charge in [-0.15, -0.1) is 0 Å². The van der Waals surface area contributed by atoms with Crippen molar-refractivity contribution in [2.75, 3.05) is 11.9 Å². The van der Waals surface area contributed by atoms with Crippen LogP contribution in [0.3, 0.4) is 0 Å². The number of amides is 4. The molecule has 0 aromatic heterocycles. The molecule has 1 fully saturated rings. The van der Waals surface area contributed by atoms with E-state index in [0.29, 0.717) is 23.2 Å². The molecule has 4 rings (SSSR count). The summed E-state index contributed by atoms with van der Waals surface area (Å²) >= 11 is 0. The van der Waals surface area contributed by atoms with E-state index in [1.165, 1.54) is 0 Å². The maximum Gasteiger partial charge on any atom is 0.325 e. The van der Waals surface area contributed by atoms with E-state index in [9.17, 15) is 14.4 Å². The first-order chi connectivity index (χ1) is 15.9. The van der Waals surface area contributed by atoms with Gasteiger partial charge in [0.1, 0.15) is 12.1 Å². The molecule has 4 amide bonds. The van der Waals surface area contributed by atoms with E-state index in [-0.39, 0.29) is 0 Å². The minimum Gasteiger partial charge on any atom is -0.324 e. The lowest BCUT2D eigenvalue weighted by Gasteiger charge is -2.22. The van der Waals surface area contributed by atoms with Crippen LogP contribution in [0, 0.1) is 11.3 Å². The van der Waals surface area contributed by atoms with Crippen LogP contribution in [0.25, 0.3) is 0 Å². The van der Waals surface area contributed by atoms with E-state index in [4.69, 9.17) is 5.26 Å². The first-order valence-electron chi connectivity index (χ1n) is 10.5. The summed E-state index contributed by atoms with van der Waals surface area (Å²) < 4.78 is 0. The van der Waals surface area contributed by atoms with Gasteiger partial charge in [-0.2, -0.15) is 5.26 Å². The van der Waals surface area contributed by atoms with E-state index in [2.05, 4.69) is 10.6 Å². The van der Waals surface area contributed by atoms with E-state index < -0.39 is 29.9 Å². The van der Waals surface area contributed by atoms with Crippen molar-refractivity contribution >= 4 is 23.5 Å². The molecule has 7 nitrogen and oxygen atoms in total. The summed E-state index contributed by atoms with van der Waals surface area (Å²) in [5.74, 6) is -0.993. The van der Waals surface area contributed by atoms with Gasteiger partial charge in [0.25, 0.3) is 5.91 Å². The Labute approximate surface area is 191 Å². The van der Waals surface area contributed by atoms with Gasteiger partial charge in [-0.1, -0.05) is 60.7 Å². The highest BCUT2D eigenvalue weighted by molar-refractivity contribution is 6.10. The first-order valence-corrected chi connectivity index (χ1v) is 10.5. The van der Waals surface area contributed by atoms with Crippen molar-refractivity contribution in [2.45, 2.75) is 18.9 Å². The summed E-state index contributed by atoms with van der Waals surface area (Å²) in [4.78, 5) is 39.3. The third-order valence-electron chi connectivity index (χ3n) is 5.70. The van der Waals surface area contributed by atoms with Gasteiger partial charge >= 0.3 is 6.03 Å². The number of carbonyl (C=O) groups is 3. The second-order valence-electron chi connectivity index (χ2n) is 8.00. The van der Waals surface area contributed by atoms with Crippen molar-refractivity contribution in [1.29, 1.82) is 5.26 Å². The van der Waals surface area contributed by atoms with Crippen LogP contribution in [0.4, 0.5) is 10.5 Å². The van der Waals surface area contributed by atoms with Crippen LogP contribution in [0.5, 0.6) is 0 Å². The predicted molar refractivity (Wildman–Crippen MR) is 123 cm³/mol. The highest BCUT2D eigenvalue weighted by Crippen LogP contribution is 2.29. The Balaban J connectivity index is 1.47. The van der Waals surface area contributed by atoms with Crippen LogP contribution < -0.4 is 10.6 Å². The summed E-state index contributed by atoms with van der Waals surface area (Å²) in [6.45, 7) is 1.18. The SMILES string of the molecule is CC1(c2ccc(C#N)cc2)NC(=O)N(CC(=O)Nc2ccccc2Cc2ccccc2)C1=O. The standard InChI is InChI=1S/C26H22N4O3/c1-26(21-13-11-19(16-27)12-14-21)24(32)30(25(33)29-26)17-23(31)28-22-10-6-5-9-20(22)15-18-7-3-2-4-8-18/h2-14H,15,17H2,1H3,(H,28,31)(H,29,33). The van der Waals surface area contributed by atoms with E-state index >= 15 is 0 Å². The molecule has 1 heterocycles. The van der Waals surface area contributed by atoms with Crippen molar-refractivity contribution < 1.29 is 14.4 Å². The molecule has 1 aliphatic heterocycles. The number of hydrogen-bond donors (Lipinski definition) is 2. The molecular weight excluding hydrogens is 416 g/mol. The van der Waals surface area contributed by atoms with Gasteiger partial charge in [-0.25, -0.2) is 4.79 Å². The van der Waals surface area contributed by atoms with Crippen LogP contribution in [-0.4, -0.2) is 29.3 Å². The zero-order chi connectivity index (χ0) is 23.4. The van der Waals surface area contributed by atoms with Gasteiger partial charge in [-0.05, 0) is 48.2 Å². The number of carbonyl (C=O) groups excluding carboxylic acids is 3. The molecule has 0 bridgehead atoms. The lowest BCUT2D eigenvalue weighted by Crippen LogP contribution is -2.42. The molecule has 0 saturated carbocycles. The zero-order valence-corrected chi connectivity index (χ0v) is 18.0. The Bertz CT molecular complexity index is 1250. The van der Waals surface area contributed by atoms with E-state index in [1.54, 1.807) is 37.3 Å². The second kappa shape index (κ2) is 8.97. The van der Waals surface area contributed by atoms with Crippen LogP contribution in [0.2, 0.25) is 0 Å². The molecule has 0 spiro atoms. The number of imide groups is 1.